The van der Waals surface area contributed by atoms with Gasteiger partial charge in [-0.1, -0.05) is 24.3 Å². The van der Waals surface area contributed by atoms with E-state index in [0.29, 0.717) is 24.7 Å². The number of nitrogens with one attached hydrogen (secondary N) is 1. The predicted octanol–water partition coefficient (Wildman–Crippen LogP) is 3.55. The molecule has 0 amide bonds. The number of carboxylic acid groups (broad SMARTS) is 1. The van der Waals surface area contributed by atoms with E-state index in [9.17, 15) is 9.90 Å². The molecule has 0 aliphatic carbocycles. The third-order valence-corrected chi connectivity index (χ3v) is 4.34. The van der Waals surface area contributed by atoms with Gasteiger partial charge in [-0.25, -0.2) is 0 Å². The third-order valence-electron chi connectivity index (χ3n) is 4.34. The molecule has 2 heterocycles. The number of hydrogen-bond acceptors (Lipinski definition) is 3. The van der Waals surface area contributed by atoms with E-state index in [4.69, 9.17) is 9.47 Å². The highest BCUT2D eigenvalue weighted by atomic mass is 16.6. The summed E-state index contributed by atoms with van der Waals surface area (Å²) in [5, 5.41) is 10.4. The molecular weight excluding hydrogens is 306 g/mol. The van der Waals surface area contributed by atoms with E-state index >= 15 is 0 Å². The topological polar surface area (TPSA) is 71.6 Å². The number of fused-ring (bicyclic) bond motifs is 2. The molecule has 4 rings (SSSR count). The van der Waals surface area contributed by atoms with Gasteiger partial charge in [-0.05, 0) is 29.3 Å². The molecular formula is C19H17NO4. The van der Waals surface area contributed by atoms with Crippen molar-refractivity contribution in [1.29, 1.82) is 0 Å². The maximum atomic E-state index is 11.4. The minimum Gasteiger partial charge on any atom is -0.486 e. The number of ether oxygens (including phenoxy) is 2. The summed E-state index contributed by atoms with van der Waals surface area (Å²) in [6.45, 7) is 1.04. The molecule has 0 saturated carbocycles. The van der Waals surface area contributed by atoms with Crippen LogP contribution in [-0.4, -0.2) is 29.3 Å². The van der Waals surface area contributed by atoms with Crippen molar-refractivity contribution in [1.82, 2.24) is 4.98 Å². The summed E-state index contributed by atoms with van der Waals surface area (Å²) in [5.41, 5.74) is 2.89. The zero-order valence-electron chi connectivity index (χ0n) is 13.0. The van der Waals surface area contributed by atoms with Gasteiger partial charge in [0, 0.05) is 23.0 Å². The Hall–Kier alpha value is -2.95. The number of benzene rings is 2. The van der Waals surface area contributed by atoms with Crippen LogP contribution in [0.5, 0.6) is 11.5 Å². The summed E-state index contributed by atoms with van der Waals surface area (Å²) in [6, 6.07) is 13.6. The summed E-state index contributed by atoms with van der Waals surface area (Å²) in [4.78, 5) is 14.7. The van der Waals surface area contributed by atoms with Crippen LogP contribution in [0.3, 0.4) is 0 Å². The molecule has 122 valence electrons. The molecule has 5 nitrogen and oxygen atoms in total. The first kappa shape index (κ1) is 14.6. The summed E-state index contributed by atoms with van der Waals surface area (Å²) in [6.07, 6.45) is 1.91. The number of H-pyrrole nitrogens is 1. The van der Waals surface area contributed by atoms with Crippen molar-refractivity contribution in [3.05, 3.63) is 59.8 Å². The minimum absolute atomic E-state index is 0.0154. The molecule has 2 aromatic carbocycles. The number of rotatable bonds is 4. The van der Waals surface area contributed by atoms with Gasteiger partial charge in [-0.15, -0.1) is 0 Å². The fraction of sp³-hybridized carbons (Fsp3) is 0.211. The average molecular weight is 323 g/mol. The van der Waals surface area contributed by atoms with E-state index in [0.717, 1.165) is 22.0 Å². The lowest BCUT2D eigenvalue weighted by molar-refractivity contribution is -0.137. The van der Waals surface area contributed by atoms with Gasteiger partial charge in [-0.2, -0.15) is 0 Å². The van der Waals surface area contributed by atoms with Crippen LogP contribution in [0.15, 0.2) is 48.7 Å². The molecule has 3 aromatic rings. The number of carboxylic acids is 1. The van der Waals surface area contributed by atoms with Crippen LogP contribution in [0, 0.1) is 0 Å². The number of hydrogen-bond donors (Lipinski definition) is 2. The molecule has 0 fully saturated rings. The SMILES string of the molecule is O=C(O)CC(c1ccc2c(c1)OCCO2)c1c[nH]c2ccccc12. The Kier molecular flexibility index (Phi) is 3.61. The summed E-state index contributed by atoms with van der Waals surface area (Å²) in [5.74, 6) is 0.293. The van der Waals surface area contributed by atoms with Crippen molar-refractivity contribution in [2.75, 3.05) is 13.2 Å². The molecule has 0 saturated heterocycles. The van der Waals surface area contributed by atoms with Crippen LogP contribution < -0.4 is 9.47 Å². The van der Waals surface area contributed by atoms with Gasteiger partial charge < -0.3 is 19.6 Å². The number of aromatic nitrogens is 1. The van der Waals surface area contributed by atoms with Crippen molar-refractivity contribution < 1.29 is 19.4 Å². The molecule has 1 aliphatic heterocycles. The van der Waals surface area contributed by atoms with Crippen molar-refractivity contribution >= 4 is 16.9 Å². The van der Waals surface area contributed by atoms with Gasteiger partial charge in [0.25, 0.3) is 0 Å². The predicted molar refractivity (Wildman–Crippen MR) is 89.8 cm³/mol. The lowest BCUT2D eigenvalue weighted by atomic mass is 9.88. The number of carbonyl (C=O) groups is 1. The van der Waals surface area contributed by atoms with Crippen molar-refractivity contribution in [2.24, 2.45) is 0 Å². The molecule has 0 spiro atoms. The van der Waals surface area contributed by atoms with Crippen LogP contribution in [0.1, 0.15) is 23.5 Å². The third kappa shape index (κ3) is 2.58. The number of para-hydroxylation sites is 1. The first-order chi connectivity index (χ1) is 11.7. The molecule has 2 N–H and O–H groups in total. The standard InChI is InChI=1S/C19H17NO4/c21-19(22)10-14(15-11-20-16-4-2-1-3-13(15)16)12-5-6-17-18(9-12)24-8-7-23-17/h1-6,9,11,14,20H,7-8,10H2,(H,21,22). The zero-order valence-corrected chi connectivity index (χ0v) is 13.0. The van der Waals surface area contributed by atoms with Gasteiger partial charge in [0.15, 0.2) is 11.5 Å². The highest BCUT2D eigenvalue weighted by Gasteiger charge is 2.23. The first-order valence-corrected chi connectivity index (χ1v) is 7.90. The van der Waals surface area contributed by atoms with Crippen LogP contribution >= 0.6 is 0 Å². The normalized spacial score (nSPS) is 14.5. The van der Waals surface area contributed by atoms with Gasteiger partial charge in [0.05, 0.1) is 6.42 Å². The second-order valence-electron chi connectivity index (χ2n) is 5.84. The highest BCUT2D eigenvalue weighted by molar-refractivity contribution is 5.85. The molecule has 1 aromatic heterocycles. The molecule has 0 radical (unpaired) electrons. The number of aliphatic carboxylic acids is 1. The highest BCUT2D eigenvalue weighted by Crippen LogP contribution is 2.38. The van der Waals surface area contributed by atoms with Gasteiger partial charge in [0.1, 0.15) is 13.2 Å². The lowest BCUT2D eigenvalue weighted by Gasteiger charge is -2.21. The molecule has 1 unspecified atom stereocenters. The van der Waals surface area contributed by atoms with Crippen molar-refractivity contribution in [2.45, 2.75) is 12.3 Å². The smallest absolute Gasteiger partial charge is 0.304 e. The maximum absolute atomic E-state index is 11.4. The lowest BCUT2D eigenvalue weighted by Crippen LogP contribution is -2.16. The molecule has 0 bridgehead atoms. The van der Waals surface area contributed by atoms with Gasteiger partial charge in [0.2, 0.25) is 0 Å². The summed E-state index contributed by atoms with van der Waals surface area (Å²) >= 11 is 0. The Balaban J connectivity index is 1.81. The fourth-order valence-electron chi connectivity index (χ4n) is 3.24. The van der Waals surface area contributed by atoms with Gasteiger partial charge >= 0.3 is 5.97 Å². The van der Waals surface area contributed by atoms with Gasteiger partial charge in [-0.3, -0.25) is 4.79 Å². The first-order valence-electron chi connectivity index (χ1n) is 7.90. The molecule has 1 aliphatic rings. The van der Waals surface area contributed by atoms with Crippen molar-refractivity contribution in [3.8, 4) is 11.5 Å². The minimum atomic E-state index is -0.833. The van der Waals surface area contributed by atoms with E-state index in [1.54, 1.807) is 0 Å². The second kappa shape index (κ2) is 5.92. The van der Waals surface area contributed by atoms with E-state index < -0.39 is 5.97 Å². The zero-order chi connectivity index (χ0) is 16.5. The molecule has 24 heavy (non-hydrogen) atoms. The van der Waals surface area contributed by atoms with E-state index in [2.05, 4.69) is 4.98 Å². The quantitative estimate of drug-likeness (QED) is 0.770. The summed E-state index contributed by atoms with van der Waals surface area (Å²) in [7, 11) is 0. The largest absolute Gasteiger partial charge is 0.486 e. The Morgan fingerprint density at radius 2 is 1.92 bits per heavy atom. The average Bonchev–Trinajstić information content (AvgIpc) is 3.03. The molecule has 5 heteroatoms. The maximum Gasteiger partial charge on any atom is 0.304 e. The van der Waals surface area contributed by atoms with Crippen molar-refractivity contribution in [3.63, 3.8) is 0 Å². The van der Waals surface area contributed by atoms with Crippen LogP contribution in [-0.2, 0) is 4.79 Å². The van der Waals surface area contributed by atoms with Crippen LogP contribution in [0.25, 0.3) is 10.9 Å². The Morgan fingerprint density at radius 1 is 1.12 bits per heavy atom. The number of aromatic amines is 1. The monoisotopic (exact) mass is 323 g/mol. The van der Waals surface area contributed by atoms with E-state index in [1.807, 2.05) is 48.7 Å². The summed E-state index contributed by atoms with van der Waals surface area (Å²) < 4.78 is 11.2. The molecule has 1 atom stereocenters. The van der Waals surface area contributed by atoms with E-state index in [-0.39, 0.29) is 12.3 Å². The fourth-order valence-corrected chi connectivity index (χ4v) is 3.24. The van der Waals surface area contributed by atoms with Crippen LogP contribution in [0.2, 0.25) is 0 Å². The van der Waals surface area contributed by atoms with Crippen LogP contribution in [0.4, 0.5) is 0 Å². The van der Waals surface area contributed by atoms with E-state index in [1.165, 1.54) is 0 Å². The second-order valence-corrected chi connectivity index (χ2v) is 5.84. The Labute approximate surface area is 138 Å². The Bertz CT molecular complexity index is 899. The Morgan fingerprint density at radius 3 is 2.75 bits per heavy atom.